The number of amides is 1. The molecule has 1 aliphatic rings. The Balaban J connectivity index is 1.58. The maximum absolute atomic E-state index is 13.9. The van der Waals surface area contributed by atoms with Crippen molar-refractivity contribution in [2.45, 2.75) is 6.54 Å². The summed E-state index contributed by atoms with van der Waals surface area (Å²) in [5.74, 6) is 0.443. The molecule has 2 aromatic carbocycles. The highest BCUT2D eigenvalue weighted by atomic mass is 35.5. The van der Waals surface area contributed by atoms with Crippen LogP contribution in [0.3, 0.4) is 0 Å². The van der Waals surface area contributed by atoms with Crippen LogP contribution in [0.15, 0.2) is 42.5 Å². The van der Waals surface area contributed by atoms with Gasteiger partial charge in [-0.05, 0) is 36.4 Å². The zero-order valence-corrected chi connectivity index (χ0v) is 14.8. The van der Waals surface area contributed by atoms with Gasteiger partial charge in [-0.3, -0.25) is 9.69 Å². The van der Waals surface area contributed by atoms with Gasteiger partial charge in [0, 0.05) is 48.9 Å². The van der Waals surface area contributed by atoms with Crippen LogP contribution < -0.4 is 4.74 Å². The molecule has 0 saturated carbocycles. The van der Waals surface area contributed by atoms with Crippen LogP contribution in [0, 0.1) is 5.82 Å². The third-order valence-electron chi connectivity index (χ3n) is 4.44. The molecule has 6 heteroatoms. The van der Waals surface area contributed by atoms with Crippen LogP contribution in [0.2, 0.25) is 5.02 Å². The van der Waals surface area contributed by atoms with Crippen molar-refractivity contribution in [3.63, 3.8) is 0 Å². The summed E-state index contributed by atoms with van der Waals surface area (Å²) in [5, 5.41) is 0.441. The number of halogens is 2. The van der Waals surface area contributed by atoms with E-state index in [1.807, 2.05) is 4.90 Å². The zero-order chi connectivity index (χ0) is 17.8. The Kier molecular flexibility index (Phi) is 5.56. The molecule has 0 N–H and O–H groups in total. The summed E-state index contributed by atoms with van der Waals surface area (Å²) in [7, 11) is 1.60. The van der Waals surface area contributed by atoms with Gasteiger partial charge in [0.2, 0.25) is 0 Å². The Morgan fingerprint density at radius 1 is 1.12 bits per heavy atom. The number of carbonyl (C=O) groups excluding carboxylic acids is 1. The van der Waals surface area contributed by atoms with E-state index in [0.29, 0.717) is 48.9 Å². The minimum absolute atomic E-state index is 0.00577. The summed E-state index contributed by atoms with van der Waals surface area (Å²) >= 11 is 6.09. The van der Waals surface area contributed by atoms with E-state index in [2.05, 4.69) is 4.90 Å². The van der Waals surface area contributed by atoms with Crippen molar-refractivity contribution in [1.82, 2.24) is 9.80 Å². The van der Waals surface area contributed by atoms with E-state index in [9.17, 15) is 9.18 Å². The van der Waals surface area contributed by atoms with Gasteiger partial charge < -0.3 is 9.64 Å². The molecule has 0 aromatic heterocycles. The predicted octanol–water partition coefficient (Wildman–Crippen LogP) is 3.45. The number of benzene rings is 2. The Morgan fingerprint density at radius 3 is 2.40 bits per heavy atom. The maximum Gasteiger partial charge on any atom is 0.253 e. The second-order valence-corrected chi connectivity index (χ2v) is 6.40. The summed E-state index contributed by atoms with van der Waals surface area (Å²) < 4.78 is 19.0. The molecule has 25 heavy (non-hydrogen) atoms. The monoisotopic (exact) mass is 362 g/mol. The first-order chi connectivity index (χ1) is 12.1. The summed E-state index contributed by atoms with van der Waals surface area (Å²) in [6.45, 7) is 3.04. The minimum Gasteiger partial charge on any atom is -0.497 e. The molecule has 3 rings (SSSR count). The lowest BCUT2D eigenvalue weighted by Crippen LogP contribution is -2.48. The third kappa shape index (κ3) is 4.11. The molecule has 0 aliphatic carbocycles. The third-order valence-corrected chi connectivity index (χ3v) is 4.79. The van der Waals surface area contributed by atoms with Crippen LogP contribution in [-0.2, 0) is 6.54 Å². The van der Waals surface area contributed by atoms with E-state index in [1.54, 1.807) is 43.5 Å². The van der Waals surface area contributed by atoms with Crippen molar-refractivity contribution in [3.8, 4) is 5.75 Å². The number of nitrogens with zero attached hydrogens (tertiary/aromatic N) is 2. The SMILES string of the molecule is COc1ccc(C(=O)N2CCN(Cc3c(F)cccc3Cl)CC2)cc1. The highest BCUT2D eigenvalue weighted by molar-refractivity contribution is 6.31. The van der Waals surface area contributed by atoms with Crippen molar-refractivity contribution < 1.29 is 13.9 Å². The van der Waals surface area contributed by atoms with Gasteiger partial charge in [-0.2, -0.15) is 0 Å². The maximum atomic E-state index is 13.9. The van der Waals surface area contributed by atoms with Crippen molar-refractivity contribution in [2.24, 2.45) is 0 Å². The number of hydrogen-bond acceptors (Lipinski definition) is 3. The van der Waals surface area contributed by atoms with Crippen molar-refractivity contribution in [3.05, 3.63) is 64.4 Å². The number of ether oxygens (including phenoxy) is 1. The fraction of sp³-hybridized carbons (Fsp3) is 0.316. The second kappa shape index (κ2) is 7.85. The molecule has 2 aromatic rings. The zero-order valence-electron chi connectivity index (χ0n) is 14.0. The van der Waals surface area contributed by atoms with Crippen LogP contribution in [-0.4, -0.2) is 49.0 Å². The van der Waals surface area contributed by atoms with Gasteiger partial charge in [0.1, 0.15) is 11.6 Å². The number of hydrogen-bond donors (Lipinski definition) is 0. The summed E-state index contributed by atoms with van der Waals surface area (Å²) in [6, 6.07) is 11.8. The molecule has 0 radical (unpaired) electrons. The lowest BCUT2D eigenvalue weighted by molar-refractivity contribution is 0.0627. The lowest BCUT2D eigenvalue weighted by atomic mass is 10.1. The van der Waals surface area contributed by atoms with Gasteiger partial charge in [0.25, 0.3) is 5.91 Å². The summed E-state index contributed by atoms with van der Waals surface area (Å²) in [5.41, 5.74) is 1.16. The standard InChI is InChI=1S/C19H20ClFN2O2/c1-25-15-7-5-14(6-8-15)19(24)23-11-9-22(10-12-23)13-16-17(20)3-2-4-18(16)21/h2-8H,9-13H2,1H3. The molecule has 1 aliphatic heterocycles. The van der Waals surface area contributed by atoms with Crippen LogP contribution in [0.5, 0.6) is 5.75 Å². The molecule has 1 heterocycles. The van der Waals surface area contributed by atoms with E-state index >= 15 is 0 Å². The fourth-order valence-corrected chi connectivity index (χ4v) is 3.16. The Morgan fingerprint density at radius 2 is 1.80 bits per heavy atom. The normalized spacial score (nSPS) is 15.2. The summed E-state index contributed by atoms with van der Waals surface area (Å²) in [6.07, 6.45) is 0. The quantitative estimate of drug-likeness (QED) is 0.835. The van der Waals surface area contributed by atoms with Gasteiger partial charge in [0.05, 0.1) is 7.11 Å². The van der Waals surface area contributed by atoms with E-state index in [0.717, 1.165) is 5.75 Å². The number of carbonyl (C=O) groups is 1. The molecule has 1 amide bonds. The van der Waals surface area contributed by atoms with Crippen molar-refractivity contribution in [2.75, 3.05) is 33.3 Å². The molecule has 4 nitrogen and oxygen atoms in total. The first kappa shape index (κ1) is 17.7. The molecule has 132 valence electrons. The first-order valence-electron chi connectivity index (χ1n) is 8.17. The Labute approximate surface area is 151 Å². The van der Waals surface area contributed by atoms with E-state index in [1.165, 1.54) is 6.07 Å². The van der Waals surface area contributed by atoms with Gasteiger partial charge in [-0.15, -0.1) is 0 Å². The minimum atomic E-state index is -0.288. The van der Waals surface area contributed by atoms with Crippen LogP contribution in [0.25, 0.3) is 0 Å². The molecular formula is C19H20ClFN2O2. The van der Waals surface area contributed by atoms with E-state index in [-0.39, 0.29) is 11.7 Å². The van der Waals surface area contributed by atoms with Crippen LogP contribution in [0.1, 0.15) is 15.9 Å². The molecule has 1 saturated heterocycles. The lowest BCUT2D eigenvalue weighted by Gasteiger charge is -2.35. The molecule has 1 fully saturated rings. The largest absolute Gasteiger partial charge is 0.497 e. The highest BCUT2D eigenvalue weighted by Gasteiger charge is 2.23. The smallest absolute Gasteiger partial charge is 0.253 e. The predicted molar refractivity (Wildman–Crippen MR) is 95.6 cm³/mol. The molecule has 0 atom stereocenters. The number of piperazine rings is 1. The van der Waals surface area contributed by atoms with Crippen LogP contribution in [0.4, 0.5) is 4.39 Å². The Bertz CT molecular complexity index is 723. The molecular weight excluding hydrogens is 343 g/mol. The molecule has 0 spiro atoms. The topological polar surface area (TPSA) is 32.8 Å². The molecule has 0 unspecified atom stereocenters. The number of methoxy groups -OCH3 is 1. The first-order valence-corrected chi connectivity index (χ1v) is 8.55. The second-order valence-electron chi connectivity index (χ2n) is 6.00. The van der Waals surface area contributed by atoms with Crippen LogP contribution >= 0.6 is 11.6 Å². The van der Waals surface area contributed by atoms with Gasteiger partial charge in [-0.25, -0.2) is 4.39 Å². The average Bonchev–Trinajstić information content (AvgIpc) is 2.65. The van der Waals surface area contributed by atoms with Gasteiger partial charge >= 0.3 is 0 Å². The number of rotatable bonds is 4. The van der Waals surface area contributed by atoms with Gasteiger partial charge in [-0.1, -0.05) is 17.7 Å². The Hall–Kier alpha value is -2.11. The van der Waals surface area contributed by atoms with Crippen molar-refractivity contribution >= 4 is 17.5 Å². The molecule has 0 bridgehead atoms. The van der Waals surface area contributed by atoms with Crippen molar-refractivity contribution in [1.29, 1.82) is 0 Å². The summed E-state index contributed by atoms with van der Waals surface area (Å²) in [4.78, 5) is 16.5. The van der Waals surface area contributed by atoms with E-state index < -0.39 is 0 Å². The average molecular weight is 363 g/mol. The van der Waals surface area contributed by atoms with Gasteiger partial charge in [0.15, 0.2) is 0 Å². The van der Waals surface area contributed by atoms with E-state index in [4.69, 9.17) is 16.3 Å². The highest BCUT2D eigenvalue weighted by Crippen LogP contribution is 2.22. The fourth-order valence-electron chi connectivity index (χ4n) is 2.93.